The minimum Gasteiger partial charge on any atom is -0.495 e. The number of amidine groups is 1. The van der Waals surface area contributed by atoms with Gasteiger partial charge in [-0.05, 0) is 60.8 Å². The first-order valence-electron chi connectivity index (χ1n) is 10.1. The molecule has 2 amide bonds. The van der Waals surface area contributed by atoms with Crippen LogP contribution in [0.4, 0.5) is 11.4 Å². The molecule has 1 aliphatic rings. The van der Waals surface area contributed by atoms with E-state index in [-0.39, 0.29) is 17.5 Å². The molecule has 0 saturated carbocycles. The van der Waals surface area contributed by atoms with Crippen molar-refractivity contribution in [3.63, 3.8) is 0 Å². The van der Waals surface area contributed by atoms with Crippen molar-refractivity contribution < 1.29 is 14.3 Å². The number of aliphatic imine (C=N–C) groups is 1. The van der Waals surface area contributed by atoms with Crippen LogP contribution < -0.4 is 15.0 Å². The number of nitrogens with zero attached hydrogens (tertiary/aromatic N) is 2. The third-order valence-electron chi connectivity index (χ3n) is 4.79. The zero-order valence-electron chi connectivity index (χ0n) is 18.1. The molecule has 34 heavy (non-hydrogen) atoms. The van der Waals surface area contributed by atoms with Crippen molar-refractivity contribution in [3.8, 4) is 5.75 Å². The Kier molecular flexibility index (Phi) is 7.63. The van der Waals surface area contributed by atoms with Gasteiger partial charge in [-0.3, -0.25) is 14.5 Å². The van der Waals surface area contributed by atoms with E-state index in [4.69, 9.17) is 27.9 Å². The van der Waals surface area contributed by atoms with Crippen LogP contribution in [0.2, 0.25) is 10.0 Å². The van der Waals surface area contributed by atoms with Crippen LogP contribution in [0.1, 0.15) is 11.8 Å². The number of halogens is 2. The molecule has 6 nitrogen and oxygen atoms in total. The number of amides is 2. The van der Waals surface area contributed by atoms with E-state index in [1.165, 1.54) is 35.1 Å². The predicted octanol–water partition coefficient (Wildman–Crippen LogP) is 6.57. The number of carbonyl (C=O) groups is 2. The van der Waals surface area contributed by atoms with Crippen LogP contribution in [0.3, 0.4) is 0 Å². The van der Waals surface area contributed by atoms with Crippen LogP contribution in [-0.2, 0) is 9.59 Å². The van der Waals surface area contributed by atoms with Crippen LogP contribution in [0.5, 0.6) is 5.75 Å². The molecule has 0 saturated heterocycles. The lowest BCUT2D eigenvalue weighted by atomic mass is 10.2. The number of carbonyl (C=O) groups excluding carboxylic acids is 2. The number of anilines is 2. The van der Waals surface area contributed by atoms with Crippen LogP contribution in [0, 0.1) is 0 Å². The topological polar surface area (TPSA) is 71.0 Å². The van der Waals surface area contributed by atoms with Crippen molar-refractivity contribution in [3.05, 3.63) is 80.6 Å². The highest BCUT2D eigenvalue weighted by Crippen LogP contribution is 2.35. The van der Waals surface area contributed by atoms with Crippen LogP contribution in [0.25, 0.3) is 6.08 Å². The third-order valence-corrected chi connectivity index (χ3v) is 7.19. The summed E-state index contributed by atoms with van der Waals surface area (Å²) in [5, 5.41) is 5.47. The van der Waals surface area contributed by atoms with E-state index in [0.717, 1.165) is 4.88 Å². The van der Waals surface area contributed by atoms with E-state index in [2.05, 4.69) is 10.3 Å². The van der Waals surface area contributed by atoms with Crippen molar-refractivity contribution in [1.29, 1.82) is 0 Å². The molecule has 1 atom stereocenters. The number of thioether (sulfide) groups is 1. The molecular formula is C24H19Cl2N3O3S2. The fourth-order valence-corrected chi connectivity index (χ4v) is 5.15. The molecule has 2 heterocycles. The van der Waals surface area contributed by atoms with Gasteiger partial charge in [0.15, 0.2) is 5.17 Å². The highest BCUT2D eigenvalue weighted by molar-refractivity contribution is 8.15. The van der Waals surface area contributed by atoms with Gasteiger partial charge in [-0.15, -0.1) is 11.3 Å². The first-order valence-corrected chi connectivity index (χ1v) is 12.6. The summed E-state index contributed by atoms with van der Waals surface area (Å²) < 4.78 is 5.23. The summed E-state index contributed by atoms with van der Waals surface area (Å²) in [5.41, 5.74) is 1.39. The van der Waals surface area contributed by atoms with Crippen LogP contribution >= 0.6 is 46.3 Å². The Hall–Kier alpha value is -2.78. The predicted molar refractivity (Wildman–Crippen MR) is 142 cm³/mol. The second kappa shape index (κ2) is 10.7. The van der Waals surface area contributed by atoms with Gasteiger partial charge >= 0.3 is 0 Å². The van der Waals surface area contributed by atoms with Gasteiger partial charge in [0.05, 0.1) is 23.1 Å². The monoisotopic (exact) mass is 531 g/mol. The second-order valence-electron chi connectivity index (χ2n) is 7.16. The Morgan fingerprint density at radius 2 is 2.03 bits per heavy atom. The zero-order chi connectivity index (χ0) is 24.2. The summed E-state index contributed by atoms with van der Waals surface area (Å²) >= 11 is 15.0. The molecule has 0 fully saturated rings. The highest BCUT2D eigenvalue weighted by Gasteiger charge is 2.34. The summed E-state index contributed by atoms with van der Waals surface area (Å²) in [4.78, 5) is 33.1. The van der Waals surface area contributed by atoms with E-state index in [9.17, 15) is 9.59 Å². The summed E-state index contributed by atoms with van der Waals surface area (Å²) in [6.07, 6.45) is 1.73. The fourth-order valence-electron chi connectivity index (χ4n) is 3.13. The fraction of sp³-hybridized carbons (Fsp3) is 0.125. The Morgan fingerprint density at radius 1 is 1.21 bits per heavy atom. The van der Waals surface area contributed by atoms with Crippen LogP contribution in [-0.4, -0.2) is 29.3 Å². The van der Waals surface area contributed by atoms with Gasteiger partial charge in [-0.1, -0.05) is 47.1 Å². The van der Waals surface area contributed by atoms with Crippen molar-refractivity contribution in [2.45, 2.75) is 12.2 Å². The third kappa shape index (κ3) is 5.47. The Balaban J connectivity index is 1.62. The van der Waals surface area contributed by atoms with Crippen molar-refractivity contribution >= 4 is 80.7 Å². The highest BCUT2D eigenvalue weighted by atomic mass is 35.5. The van der Waals surface area contributed by atoms with E-state index in [0.29, 0.717) is 32.3 Å². The van der Waals surface area contributed by atoms with E-state index < -0.39 is 5.25 Å². The zero-order valence-corrected chi connectivity index (χ0v) is 21.3. The van der Waals surface area contributed by atoms with E-state index in [1.54, 1.807) is 55.5 Å². The molecule has 1 unspecified atom stereocenters. The smallest absolute Gasteiger partial charge is 0.283 e. The first kappa shape index (κ1) is 24.3. The van der Waals surface area contributed by atoms with Gasteiger partial charge < -0.3 is 10.1 Å². The van der Waals surface area contributed by atoms with Gasteiger partial charge in [-0.25, -0.2) is 4.99 Å². The van der Waals surface area contributed by atoms with Crippen molar-refractivity contribution in [1.82, 2.24) is 0 Å². The van der Waals surface area contributed by atoms with Gasteiger partial charge in [0.25, 0.3) is 5.91 Å². The van der Waals surface area contributed by atoms with Crippen molar-refractivity contribution in [2.24, 2.45) is 4.99 Å². The maximum atomic E-state index is 13.3. The standard InChI is InChI=1S/C24H19Cl2N3O3S2/c1-14(22(30)27-16-6-3-5-15(25)11-16)34-24-28-20(13-18-7-4-10-33-18)23(31)29(24)17-8-9-21(32-2)19(26)12-17/h3-14H,1-2H3,(H,27,30)/b20-13+. The second-order valence-corrected chi connectivity index (χ2v) is 10.3. The average molecular weight is 532 g/mol. The molecule has 1 N–H and O–H groups in total. The summed E-state index contributed by atoms with van der Waals surface area (Å²) in [6, 6.07) is 15.8. The molecule has 0 radical (unpaired) electrons. The number of nitrogens with one attached hydrogen (secondary N) is 1. The minimum absolute atomic E-state index is 0.245. The number of thiophene rings is 1. The number of benzene rings is 2. The molecule has 10 heteroatoms. The molecule has 2 aromatic carbocycles. The lowest BCUT2D eigenvalue weighted by molar-refractivity contribution is -0.115. The number of ether oxygens (including phenoxy) is 1. The van der Waals surface area contributed by atoms with Gasteiger partial charge in [0.2, 0.25) is 5.91 Å². The summed E-state index contributed by atoms with van der Waals surface area (Å²) in [7, 11) is 1.52. The molecule has 0 aliphatic carbocycles. The average Bonchev–Trinajstić information content (AvgIpc) is 3.42. The molecule has 3 aromatic rings. The van der Waals surface area contributed by atoms with E-state index in [1.807, 2.05) is 17.5 Å². The molecule has 0 spiro atoms. The van der Waals surface area contributed by atoms with Gasteiger partial charge in [-0.2, -0.15) is 0 Å². The van der Waals surface area contributed by atoms with E-state index >= 15 is 0 Å². The molecule has 1 aromatic heterocycles. The Bertz CT molecular complexity index is 1290. The Labute approximate surface area is 215 Å². The SMILES string of the molecule is COc1ccc(N2C(=O)/C(=C\c3cccs3)N=C2SC(C)C(=O)Nc2cccc(Cl)c2)cc1Cl. The Morgan fingerprint density at radius 3 is 2.71 bits per heavy atom. The number of rotatable bonds is 6. The summed E-state index contributed by atoms with van der Waals surface area (Å²) in [6.45, 7) is 1.75. The summed E-state index contributed by atoms with van der Waals surface area (Å²) in [5.74, 6) is -0.0581. The lowest BCUT2D eigenvalue weighted by Gasteiger charge is -2.20. The minimum atomic E-state index is -0.553. The molecular weight excluding hydrogens is 513 g/mol. The number of hydrogen-bond donors (Lipinski definition) is 1. The first-order chi connectivity index (χ1) is 16.4. The maximum Gasteiger partial charge on any atom is 0.283 e. The largest absolute Gasteiger partial charge is 0.495 e. The molecule has 1 aliphatic heterocycles. The normalized spacial score (nSPS) is 15.4. The van der Waals surface area contributed by atoms with Gasteiger partial charge in [0, 0.05) is 15.6 Å². The molecule has 174 valence electrons. The van der Waals surface area contributed by atoms with Crippen molar-refractivity contribution in [2.75, 3.05) is 17.3 Å². The molecule has 0 bridgehead atoms. The van der Waals surface area contributed by atoms with Gasteiger partial charge in [0.1, 0.15) is 11.4 Å². The quantitative estimate of drug-likeness (QED) is 0.365. The lowest BCUT2D eigenvalue weighted by Crippen LogP contribution is -2.33. The number of methoxy groups -OCH3 is 1. The maximum absolute atomic E-state index is 13.3. The number of hydrogen-bond acceptors (Lipinski definition) is 6. The van der Waals surface area contributed by atoms with Crippen LogP contribution in [0.15, 0.2) is 70.7 Å². The molecule has 4 rings (SSSR count).